The van der Waals surface area contributed by atoms with Crippen molar-refractivity contribution in [1.29, 1.82) is 0 Å². The van der Waals surface area contributed by atoms with Crippen molar-refractivity contribution in [2.45, 2.75) is 38.2 Å². The van der Waals surface area contributed by atoms with Gasteiger partial charge in [-0.15, -0.1) is 11.3 Å². The highest BCUT2D eigenvalue weighted by molar-refractivity contribution is 7.18. The summed E-state index contributed by atoms with van der Waals surface area (Å²) in [5.41, 5.74) is 1.06. The molecule has 0 saturated carbocycles. The molecule has 1 saturated heterocycles. The van der Waals surface area contributed by atoms with Crippen molar-refractivity contribution < 1.29 is 9.53 Å². The second kappa shape index (κ2) is 6.55. The van der Waals surface area contributed by atoms with Gasteiger partial charge in [-0.1, -0.05) is 13.8 Å². The number of thiazole rings is 1. The Hall–Kier alpha value is -1.50. The van der Waals surface area contributed by atoms with Gasteiger partial charge in [0.1, 0.15) is 5.60 Å². The van der Waals surface area contributed by atoms with Crippen LogP contribution in [0.1, 0.15) is 37.6 Å². The highest BCUT2D eigenvalue weighted by Gasteiger charge is 2.39. The molecule has 23 heavy (non-hydrogen) atoms. The van der Waals surface area contributed by atoms with E-state index in [2.05, 4.69) is 29.5 Å². The molecule has 0 atom stereocenters. The Kier molecular flexibility index (Phi) is 4.66. The second-order valence-electron chi connectivity index (χ2n) is 6.29. The maximum Gasteiger partial charge on any atom is 0.256 e. The molecular weight excluding hydrogens is 310 g/mol. The normalized spacial score (nSPS) is 17.6. The van der Waals surface area contributed by atoms with Gasteiger partial charge in [-0.2, -0.15) is 0 Å². The summed E-state index contributed by atoms with van der Waals surface area (Å²) in [5.74, 6) is 0.353. The molecule has 2 heterocycles. The number of piperidine rings is 1. The number of ether oxygens (including phenoxy) is 1. The standard InChI is InChI=1S/C17H23N3O2S/c1-11(2)15-20-13-5-4-12(10-14(13)23-15)19-16(21)17(22-3)6-8-18-9-7-17/h4-5,10-11,18H,6-9H2,1-3H3,(H,19,21). The summed E-state index contributed by atoms with van der Waals surface area (Å²) in [6, 6.07) is 5.88. The molecule has 1 aromatic carbocycles. The molecule has 1 aliphatic heterocycles. The lowest BCUT2D eigenvalue weighted by atomic mass is 9.91. The number of hydrogen-bond acceptors (Lipinski definition) is 5. The van der Waals surface area contributed by atoms with Crippen molar-refractivity contribution >= 4 is 33.1 Å². The molecule has 2 N–H and O–H groups in total. The zero-order chi connectivity index (χ0) is 16.4. The van der Waals surface area contributed by atoms with Gasteiger partial charge in [-0.3, -0.25) is 4.79 Å². The minimum atomic E-state index is -0.725. The zero-order valence-corrected chi connectivity index (χ0v) is 14.6. The molecule has 0 unspecified atom stereocenters. The number of fused-ring (bicyclic) bond motifs is 1. The first-order valence-electron chi connectivity index (χ1n) is 8.02. The summed E-state index contributed by atoms with van der Waals surface area (Å²) in [6.45, 7) is 5.87. The molecule has 1 fully saturated rings. The lowest BCUT2D eigenvalue weighted by Gasteiger charge is -2.34. The van der Waals surface area contributed by atoms with Gasteiger partial charge >= 0.3 is 0 Å². The molecular formula is C17H23N3O2S. The van der Waals surface area contributed by atoms with Crippen LogP contribution in [-0.2, 0) is 9.53 Å². The molecule has 0 spiro atoms. The van der Waals surface area contributed by atoms with Gasteiger partial charge in [-0.05, 0) is 44.1 Å². The first-order valence-corrected chi connectivity index (χ1v) is 8.83. The average Bonchev–Trinajstić information content (AvgIpc) is 2.99. The van der Waals surface area contributed by atoms with E-state index in [0.29, 0.717) is 18.8 Å². The van der Waals surface area contributed by atoms with Crippen LogP contribution in [0, 0.1) is 0 Å². The highest BCUT2D eigenvalue weighted by atomic mass is 32.1. The number of nitrogens with one attached hydrogen (secondary N) is 2. The number of anilines is 1. The summed E-state index contributed by atoms with van der Waals surface area (Å²) in [5, 5.41) is 7.41. The fraction of sp³-hybridized carbons (Fsp3) is 0.529. The monoisotopic (exact) mass is 333 g/mol. The van der Waals surface area contributed by atoms with E-state index in [0.717, 1.165) is 34.0 Å². The van der Waals surface area contributed by atoms with Crippen molar-refractivity contribution in [1.82, 2.24) is 10.3 Å². The lowest BCUT2D eigenvalue weighted by molar-refractivity contribution is -0.140. The molecule has 124 valence electrons. The van der Waals surface area contributed by atoms with E-state index in [1.54, 1.807) is 18.4 Å². The minimum Gasteiger partial charge on any atom is -0.368 e. The molecule has 6 heteroatoms. The fourth-order valence-corrected chi connectivity index (χ4v) is 3.88. The predicted molar refractivity (Wildman–Crippen MR) is 94.2 cm³/mol. The Bertz CT molecular complexity index is 705. The van der Waals surface area contributed by atoms with E-state index in [4.69, 9.17) is 4.74 Å². The molecule has 0 radical (unpaired) electrons. The van der Waals surface area contributed by atoms with Crippen LogP contribution in [-0.4, -0.2) is 36.7 Å². The summed E-state index contributed by atoms with van der Waals surface area (Å²) < 4.78 is 6.67. The number of benzene rings is 1. The number of amides is 1. The first kappa shape index (κ1) is 16.4. The van der Waals surface area contributed by atoms with Gasteiger partial charge in [-0.25, -0.2) is 4.98 Å². The largest absolute Gasteiger partial charge is 0.368 e. The predicted octanol–water partition coefficient (Wildman–Crippen LogP) is 3.13. The molecule has 1 amide bonds. The third-order valence-electron chi connectivity index (χ3n) is 4.37. The number of rotatable bonds is 4. The van der Waals surface area contributed by atoms with E-state index in [1.807, 2.05) is 18.2 Å². The Morgan fingerprint density at radius 2 is 2.13 bits per heavy atom. The van der Waals surface area contributed by atoms with Crippen molar-refractivity contribution in [3.05, 3.63) is 23.2 Å². The zero-order valence-electron chi connectivity index (χ0n) is 13.8. The van der Waals surface area contributed by atoms with Crippen LogP contribution in [0.5, 0.6) is 0 Å². The van der Waals surface area contributed by atoms with Gasteiger partial charge in [0.2, 0.25) is 0 Å². The summed E-state index contributed by atoms with van der Waals surface area (Å²) in [6.07, 6.45) is 1.38. The number of methoxy groups -OCH3 is 1. The van der Waals surface area contributed by atoms with E-state index >= 15 is 0 Å². The molecule has 0 aliphatic carbocycles. The fourth-order valence-electron chi connectivity index (χ4n) is 2.87. The van der Waals surface area contributed by atoms with Gasteiger partial charge in [0, 0.05) is 18.7 Å². The average molecular weight is 333 g/mol. The third kappa shape index (κ3) is 3.24. The second-order valence-corrected chi connectivity index (χ2v) is 7.35. The maximum absolute atomic E-state index is 12.7. The van der Waals surface area contributed by atoms with Crippen LogP contribution in [0.4, 0.5) is 5.69 Å². The smallest absolute Gasteiger partial charge is 0.256 e. The molecule has 5 nitrogen and oxygen atoms in total. The number of carbonyl (C=O) groups is 1. The van der Waals surface area contributed by atoms with Gasteiger partial charge in [0.05, 0.1) is 15.2 Å². The van der Waals surface area contributed by atoms with Crippen molar-refractivity contribution in [2.24, 2.45) is 0 Å². The van der Waals surface area contributed by atoms with Gasteiger partial charge < -0.3 is 15.4 Å². The Morgan fingerprint density at radius 3 is 2.78 bits per heavy atom. The van der Waals surface area contributed by atoms with Crippen molar-refractivity contribution in [2.75, 3.05) is 25.5 Å². The summed E-state index contributed by atoms with van der Waals surface area (Å²) in [4.78, 5) is 17.3. The van der Waals surface area contributed by atoms with Crippen LogP contribution in [0.25, 0.3) is 10.2 Å². The Labute approximate surface area is 140 Å². The molecule has 0 bridgehead atoms. The van der Waals surface area contributed by atoms with E-state index < -0.39 is 5.60 Å². The van der Waals surface area contributed by atoms with Crippen molar-refractivity contribution in [3.63, 3.8) is 0 Å². The number of carbonyl (C=O) groups excluding carboxylic acids is 1. The van der Waals surface area contributed by atoms with Crippen LogP contribution >= 0.6 is 11.3 Å². The molecule has 1 aliphatic rings. The van der Waals surface area contributed by atoms with Gasteiger partial charge in [0.15, 0.2) is 0 Å². The number of nitrogens with zero attached hydrogens (tertiary/aromatic N) is 1. The number of aromatic nitrogens is 1. The highest BCUT2D eigenvalue weighted by Crippen LogP contribution is 2.30. The molecule has 2 aromatic rings. The topological polar surface area (TPSA) is 63.2 Å². The lowest BCUT2D eigenvalue weighted by Crippen LogP contribution is -2.51. The Morgan fingerprint density at radius 1 is 1.39 bits per heavy atom. The maximum atomic E-state index is 12.7. The third-order valence-corrected chi connectivity index (χ3v) is 5.69. The van der Waals surface area contributed by atoms with E-state index in [9.17, 15) is 4.79 Å². The van der Waals surface area contributed by atoms with Crippen LogP contribution in [0.3, 0.4) is 0 Å². The quantitative estimate of drug-likeness (QED) is 0.902. The number of hydrogen-bond donors (Lipinski definition) is 2. The van der Waals surface area contributed by atoms with Gasteiger partial charge in [0.25, 0.3) is 5.91 Å². The summed E-state index contributed by atoms with van der Waals surface area (Å²) in [7, 11) is 1.62. The Balaban J connectivity index is 1.81. The van der Waals surface area contributed by atoms with Crippen LogP contribution in [0.15, 0.2) is 18.2 Å². The minimum absolute atomic E-state index is 0.0607. The first-order chi connectivity index (χ1) is 11.0. The summed E-state index contributed by atoms with van der Waals surface area (Å²) >= 11 is 1.68. The molecule has 1 aromatic heterocycles. The van der Waals surface area contributed by atoms with Crippen molar-refractivity contribution in [3.8, 4) is 0 Å². The SMILES string of the molecule is COC1(C(=O)Nc2ccc3nc(C(C)C)sc3c2)CCNCC1. The van der Waals surface area contributed by atoms with Crippen LogP contribution < -0.4 is 10.6 Å². The van der Waals surface area contributed by atoms with E-state index in [1.165, 1.54) is 0 Å². The molecule has 3 rings (SSSR count). The van der Waals surface area contributed by atoms with Crippen LogP contribution in [0.2, 0.25) is 0 Å². The van der Waals surface area contributed by atoms with E-state index in [-0.39, 0.29) is 5.91 Å².